The quantitative estimate of drug-likeness (QED) is 0.212. The number of allylic oxidation sites excluding steroid dienone is 1. The van der Waals surface area contributed by atoms with Gasteiger partial charge in [-0.15, -0.1) is 9.24 Å². The van der Waals surface area contributed by atoms with Crippen molar-refractivity contribution in [1.82, 2.24) is 0 Å². The zero-order valence-corrected chi connectivity index (χ0v) is 21.8. The van der Waals surface area contributed by atoms with E-state index in [0.29, 0.717) is 0 Å². The summed E-state index contributed by atoms with van der Waals surface area (Å²) in [6.07, 6.45) is 5.24. The van der Waals surface area contributed by atoms with Gasteiger partial charge in [-0.2, -0.15) is 0 Å². The van der Waals surface area contributed by atoms with Crippen molar-refractivity contribution in [2.24, 2.45) is 0 Å². The van der Waals surface area contributed by atoms with Gasteiger partial charge in [0.1, 0.15) is 11.5 Å². The Bertz CT molecular complexity index is 1510. The van der Waals surface area contributed by atoms with E-state index in [-0.39, 0.29) is 0 Å². The second-order valence-corrected chi connectivity index (χ2v) is 9.38. The highest BCUT2D eigenvalue weighted by Crippen LogP contribution is 2.38. The van der Waals surface area contributed by atoms with Gasteiger partial charge in [-0.25, -0.2) is 0 Å². The lowest BCUT2D eigenvalue weighted by Gasteiger charge is -2.26. The summed E-state index contributed by atoms with van der Waals surface area (Å²) in [4.78, 5) is 2.26. The van der Waals surface area contributed by atoms with E-state index in [4.69, 9.17) is 4.74 Å². The number of rotatable bonds is 7. The molecule has 2 nitrogen and oxygen atoms in total. The van der Waals surface area contributed by atoms with Crippen molar-refractivity contribution in [3.63, 3.8) is 0 Å². The topological polar surface area (TPSA) is 12.5 Å². The number of ether oxygens (including phenoxy) is 1. The molecule has 0 saturated heterocycles. The van der Waals surface area contributed by atoms with Crippen molar-refractivity contribution < 1.29 is 4.74 Å². The molecule has 5 aromatic carbocycles. The molecule has 0 fully saturated rings. The summed E-state index contributed by atoms with van der Waals surface area (Å²) in [6.45, 7) is 4.26. The lowest BCUT2D eigenvalue weighted by molar-refractivity contribution is 0.488. The fraction of sp³-hybridized carbons (Fsp3) is 0.0909. The standard InChI is InChI=1S/C33H30NOP/c1-3-11-30-24(4-2)22-33(32-17-9-8-16-31(30)32)35-28-20-18-26(19-21-28)34(25-12-6-5-7-13-25)27-14-10-15-29(36)23-27/h3,5-23H,4,36H2,1-2H3/b11-3-. The molecule has 1 unspecified atom stereocenters. The van der Waals surface area contributed by atoms with Crippen LogP contribution < -0.4 is 14.9 Å². The number of hydrogen-bond donors (Lipinski definition) is 0. The van der Waals surface area contributed by atoms with E-state index < -0.39 is 0 Å². The summed E-state index contributed by atoms with van der Waals surface area (Å²) in [7, 11) is 2.79. The Hall–Kier alpha value is -3.87. The van der Waals surface area contributed by atoms with Crippen LogP contribution in [0.25, 0.3) is 16.8 Å². The molecule has 36 heavy (non-hydrogen) atoms. The van der Waals surface area contributed by atoms with Crippen LogP contribution in [0.2, 0.25) is 0 Å². The van der Waals surface area contributed by atoms with Gasteiger partial charge in [0.15, 0.2) is 0 Å². The zero-order chi connectivity index (χ0) is 24.9. The van der Waals surface area contributed by atoms with E-state index in [1.165, 1.54) is 16.5 Å². The minimum atomic E-state index is 0.817. The van der Waals surface area contributed by atoms with Crippen LogP contribution in [0.1, 0.15) is 25.0 Å². The third kappa shape index (κ3) is 4.91. The van der Waals surface area contributed by atoms with Gasteiger partial charge in [0.05, 0.1) is 0 Å². The summed E-state index contributed by atoms with van der Waals surface area (Å²) in [5.74, 6) is 1.71. The fourth-order valence-electron chi connectivity index (χ4n) is 4.64. The first-order valence-corrected chi connectivity index (χ1v) is 12.9. The van der Waals surface area contributed by atoms with E-state index in [9.17, 15) is 0 Å². The molecule has 0 spiro atoms. The number of hydrogen-bond acceptors (Lipinski definition) is 2. The minimum absolute atomic E-state index is 0.817. The molecule has 5 rings (SSSR count). The first-order chi connectivity index (χ1) is 17.7. The van der Waals surface area contributed by atoms with Gasteiger partial charge in [0, 0.05) is 22.4 Å². The van der Waals surface area contributed by atoms with Crippen molar-refractivity contribution in [2.75, 3.05) is 4.90 Å². The third-order valence-corrected chi connectivity index (χ3v) is 6.67. The van der Waals surface area contributed by atoms with Crippen molar-refractivity contribution in [3.8, 4) is 11.5 Å². The van der Waals surface area contributed by atoms with Crippen LogP contribution in [0.15, 0.2) is 115 Å². The normalized spacial score (nSPS) is 11.2. The molecule has 0 saturated carbocycles. The van der Waals surface area contributed by atoms with Gasteiger partial charge in [-0.1, -0.05) is 73.7 Å². The Morgan fingerprint density at radius 1 is 0.722 bits per heavy atom. The Balaban J connectivity index is 1.52. The second kappa shape index (κ2) is 10.8. The van der Waals surface area contributed by atoms with Crippen molar-refractivity contribution in [2.45, 2.75) is 20.3 Å². The summed E-state index contributed by atoms with van der Waals surface area (Å²) in [5, 5.41) is 3.48. The van der Waals surface area contributed by atoms with Gasteiger partial charge in [-0.05, 0) is 89.8 Å². The molecular weight excluding hydrogens is 457 g/mol. The number of para-hydroxylation sites is 1. The van der Waals surface area contributed by atoms with Gasteiger partial charge in [0.2, 0.25) is 0 Å². The molecule has 178 valence electrons. The molecule has 0 bridgehead atoms. The molecule has 3 heteroatoms. The lowest BCUT2D eigenvalue weighted by Crippen LogP contribution is -2.11. The van der Waals surface area contributed by atoms with E-state index in [0.717, 1.165) is 45.7 Å². The van der Waals surface area contributed by atoms with Gasteiger partial charge >= 0.3 is 0 Å². The predicted molar refractivity (Wildman–Crippen MR) is 159 cm³/mol. The number of nitrogens with zero attached hydrogens (tertiary/aromatic N) is 1. The Morgan fingerprint density at radius 3 is 2.08 bits per heavy atom. The second-order valence-electron chi connectivity index (χ2n) is 8.71. The first-order valence-electron chi connectivity index (χ1n) is 12.3. The molecular formula is C33H30NOP. The molecule has 0 aliphatic heterocycles. The molecule has 0 heterocycles. The summed E-state index contributed by atoms with van der Waals surface area (Å²) in [6, 6.07) is 37.9. The summed E-state index contributed by atoms with van der Waals surface area (Å²) >= 11 is 0. The maximum atomic E-state index is 6.49. The molecule has 0 radical (unpaired) electrons. The fourth-order valence-corrected chi connectivity index (χ4v) is 4.92. The van der Waals surface area contributed by atoms with Crippen LogP contribution in [0.4, 0.5) is 17.1 Å². The third-order valence-electron chi connectivity index (χ3n) is 6.31. The zero-order valence-electron chi connectivity index (χ0n) is 20.7. The highest BCUT2D eigenvalue weighted by Gasteiger charge is 2.14. The van der Waals surface area contributed by atoms with E-state index in [2.05, 4.69) is 143 Å². The molecule has 0 N–H and O–H groups in total. The molecule has 1 atom stereocenters. The Morgan fingerprint density at radius 2 is 1.39 bits per heavy atom. The molecule has 0 aromatic heterocycles. The van der Waals surface area contributed by atoms with Crippen LogP contribution in [0.5, 0.6) is 11.5 Å². The molecule has 5 aromatic rings. The van der Waals surface area contributed by atoms with Crippen LogP contribution in [0, 0.1) is 0 Å². The average molecular weight is 488 g/mol. The van der Waals surface area contributed by atoms with Gasteiger partial charge in [0.25, 0.3) is 0 Å². The van der Waals surface area contributed by atoms with E-state index >= 15 is 0 Å². The number of fused-ring (bicyclic) bond motifs is 1. The SMILES string of the molecule is C/C=C\c1c(CC)cc(Oc2ccc(N(c3ccccc3)c3cccc(P)c3)cc2)c2ccccc12. The van der Waals surface area contributed by atoms with Crippen LogP contribution >= 0.6 is 9.24 Å². The van der Waals surface area contributed by atoms with Gasteiger partial charge < -0.3 is 9.64 Å². The van der Waals surface area contributed by atoms with Crippen LogP contribution in [0.3, 0.4) is 0 Å². The predicted octanol–water partition coefficient (Wildman–Crippen LogP) is 9.20. The van der Waals surface area contributed by atoms with E-state index in [1.54, 1.807) is 0 Å². The Labute approximate surface area is 216 Å². The van der Waals surface area contributed by atoms with Crippen LogP contribution in [-0.2, 0) is 6.42 Å². The Kier molecular flexibility index (Phi) is 7.16. The smallest absolute Gasteiger partial charge is 0.135 e. The maximum absolute atomic E-state index is 6.49. The van der Waals surface area contributed by atoms with E-state index in [1.807, 2.05) is 6.07 Å². The highest BCUT2D eigenvalue weighted by molar-refractivity contribution is 7.27. The van der Waals surface area contributed by atoms with Gasteiger partial charge in [-0.3, -0.25) is 0 Å². The highest BCUT2D eigenvalue weighted by atomic mass is 31.0. The maximum Gasteiger partial charge on any atom is 0.135 e. The monoisotopic (exact) mass is 487 g/mol. The first kappa shape index (κ1) is 23.9. The minimum Gasteiger partial charge on any atom is -0.457 e. The largest absolute Gasteiger partial charge is 0.457 e. The average Bonchev–Trinajstić information content (AvgIpc) is 2.92. The molecule has 0 aliphatic carbocycles. The number of benzene rings is 5. The molecule has 0 aliphatic rings. The van der Waals surface area contributed by atoms with Crippen LogP contribution in [-0.4, -0.2) is 0 Å². The number of aryl methyl sites for hydroxylation is 1. The summed E-state index contributed by atoms with van der Waals surface area (Å²) < 4.78 is 6.49. The lowest BCUT2D eigenvalue weighted by atomic mass is 9.96. The van der Waals surface area contributed by atoms with Crippen molar-refractivity contribution >= 4 is 48.5 Å². The number of anilines is 3. The van der Waals surface area contributed by atoms with Crippen molar-refractivity contribution in [3.05, 3.63) is 126 Å². The molecule has 0 amide bonds. The van der Waals surface area contributed by atoms with Crippen molar-refractivity contribution in [1.29, 1.82) is 0 Å². The summed E-state index contributed by atoms with van der Waals surface area (Å²) in [5.41, 5.74) is 5.85.